The fraction of sp³-hybridized carbons (Fsp3) is 0.111. The molecule has 0 saturated heterocycles. The molecule has 2 aromatic carbocycles. The van der Waals surface area contributed by atoms with Crippen LogP contribution in [-0.2, 0) is 22.6 Å². The van der Waals surface area contributed by atoms with Crippen molar-refractivity contribution in [1.82, 2.24) is 20.4 Å². The molecule has 0 amide bonds. The summed E-state index contributed by atoms with van der Waals surface area (Å²) in [6.45, 7) is 0.184. The summed E-state index contributed by atoms with van der Waals surface area (Å²) in [4.78, 5) is 16.6. The zero-order chi connectivity index (χ0) is 17.9. The van der Waals surface area contributed by atoms with Gasteiger partial charge in [0.15, 0.2) is 0 Å². The van der Waals surface area contributed by atoms with Crippen LogP contribution in [0, 0.1) is 0 Å². The Kier molecular flexibility index (Phi) is 4.64. The maximum atomic E-state index is 12.1. The Balaban J connectivity index is 1.38. The van der Waals surface area contributed by atoms with Gasteiger partial charge in [-0.3, -0.25) is 4.79 Å². The van der Waals surface area contributed by atoms with Crippen molar-refractivity contribution in [3.63, 3.8) is 0 Å². The number of carbonyl (C=O) groups is 1. The second kappa shape index (κ2) is 7.23. The highest BCUT2D eigenvalue weighted by molar-refractivity contribution is 7.13. The fourth-order valence-corrected chi connectivity index (χ4v) is 3.62. The van der Waals surface area contributed by atoms with E-state index in [1.807, 2.05) is 47.8 Å². The Hall–Kier alpha value is -2.77. The summed E-state index contributed by atoms with van der Waals surface area (Å²) in [7, 11) is 0. The first-order valence-corrected chi connectivity index (χ1v) is 9.09. The molecule has 0 fully saturated rings. The molecular formula is C18H13ClN4O2S. The SMILES string of the molecule is O=C(Cc1csc(-c2ccccc2Cl)n1)OCc1ccc2n[nH]nc2c1. The van der Waals surface area contributed by atoms with Crippen LogP contribution in [0.1, 0.15) is 11.3 Å². The minimum atomic E-state index is -0.332. The van der Waals surface area contributed by atoms with Gasteiger partial charge in [0.1, 0.15) is 22.6 Å². The predicted octanol–water partition coefficient (Wildman–Crippen LogP) is 4.02. The average Bonchev–Trinajstić information content (AvgIpc) is 3.29. The zero-order valence-electron chi connectivity index (χ0n) is 13.5. The maximum absolute atomic E-state index is 12.1. The second-order valence-electron chi connectivity index (χ2n) is 5.61. The number of esters is 1. The molecule has 0 aliphatic heterocycles. The minimum absolute atomic E-state index is 0.118. The normalized spacial score (nSPS) is 11.0. The van der Waals surface area contributed by atoms with E-state index in [4.69, 9.17) is 16.3 Å². The number of thiazole rings is 1. The van der Waals surface area contributed by atoms with Crippen LogP contribution in [0.3, 0.4) is 0 Å². The lowest BCUT2D eigenvalue weighted by molar-refractivity contribution is -0.144. The number of rotatable bonds is 5. The van der Waals surface area contributed by atoms with Crippen LogP contribution in [0.5, 0.6) is 0 Å². The van der Waals surface area contributed by atoms with Crippen LogP contribution in [-0.4, -0.2) is 26.4 Å². The third-order valence-electron chi connectivity index (χ3n) is 3.76. The Morgan fingerprint density at radius 2 is 2.00 bits per heavy atom. The highest BCUT2D eigenvalue weighted by Gasteiger charge is 2.12. The van der Waals surface area contributed by atoms with Gasteiger partial charge in [-0.15, -0.1) is 11.3 Å². The third-order valence-corrected chi connectivity index (χ3v) is 5.02. The Morgan fingerprint density at radius 3 is 2.88 bits per heavy atom. The number of carbonyl (C=O) groups excluding carboxylic acids is 1. The van der Waals surface area contributed by atoms with E-state index in [9.17, 15) is 4.79 Å². The Labute approximate surface area is 157 Å². The van der Waals surface area contributed by atoms with Crippen molar-refractivity contribution in [2.24, 2.45) is 0 Å². The summed E-state index contributed by atoms with van der Waals surface area (Å²) in [6.07, 6.45) is 0.118. The standard InChI is InChI=1S/C18H13ClN4O2S/c19-14-4-2-1-3-13(14)18-20-12(10-26-18)8-17(24)25-9-11-5-6-15-16(7-11)22-23-21-15/h1-7,10H,8-9H2,(H,21,22,23). The van der Waals surface area contributed by atoms with E-state index in [1.165, 1.54) is 11.3 Å². The van der Waals surface area contributed by atoms with Gasteiger partial charge in [0.05, 0.1) is 17.1 Å². The molecule has 0 saturated carbocycles. The number of aromatic nitrogens is 4. The smallest absolute Gasteiger partial charge is 0.312 e. The molecule has 8 heteroatoms. The largest absolute Gasteiger partial charge is 0.461 e. The number of hydrogen-bond acceptors (Lipinski definition) is 6. The van der Waals surface area contributed by atoms with Gasteiger partial charge in [0.25, 0.3) is 0 Å². The second-order valence-corrected chi connectivity index (χ2v) is 6.87. The summed E-state index contributed by atoms with van der Waals surface area (Å²) in [6, 6.07) is 13.0. The molecule has 130 valence electrons. The molecule has 0 spiro atoms. The fourth-order valence-electron chi connectivity index (χ4n) is 2.48. The number of fused-ring (bicyclic) bond motifs is 1. The molecule has 0 unspecified atom stereocenters. The molecule has 6 nitrogen and oxygen atoms in total. The Bertz CT molecular complexity index is 1080. The van der Waals surface area contributed by atoms with Gasteiger partial charge < -0.3 is 4.74 Å². The highest BCUT2D eigenvalue weighted by Crippen LogP contribution is 2.30. The first-order valence-electron chi connectivity index (χ1n) is 7.83. The van der Waals surface area contributed by atoms with Crippen molar-refractivity contribution in [2.45, 2.75) is 13.0 Å². The number of hydrogen-bond donors (Lipinski definition) is 1. The molecule has 2 aromatic heterocycles. The predicted molar refractivity (Wildman–Crippen MR) is 99.9 cm³/mol. The lowest BCUT2D eigenvalue weighted by atomic mass is 10.2. The number of ether oxygens (including phenoxy) is 1. The van der Waals surface area contributed by atoms with Crippen molar-refractivity contribution in [3.8, 4) is 10.6 Å². The van der Waals surface area contributed by atoms with Crippen LogP contribution in [0.4, 0.5) is 0 Å². The topological polar surface area (TPSA) is 80.8 Å². The average molecular weight is 385 g/mol. The first kappa shape index (κ1) is 16.7. The molecule has 0 radical (unpaired) electrons. The van der Waals surface area contributed by atoms with E-state index < -0.39 is 0 Å². The maximum Gasteiger partial charge on any atom is 0.312 e. The third kappa shape index (κ3) is 3.58. The van der Waals surface area contributed by atoms with Gasteiger partial charge >= 0.3 is 5.97 Å². The molecule has 0 aliphatic rings. The Morgan fingerprint density at radius 1 is 1.15 bits per heavy atom. The molecule has 0 bridgehead atoms. The van der Waals surface area contributed by atoms with E-state index in [0.29, 0.717) is 10.7 Å². The van der Waals surface area contributed by atoms with Gasteiger partial charge in [-0.1, -0.05) is 35.9 Å². The number of aromatic amines is 1. The van der Waals surface area contributed by atoms with Crippen LogP contribution >= 0.6 is 22.9 Å². The lowest BCUT2D eigenvalue weighted by Gasteiger charge is -2.04. The van der Waals surface area contributed by atoms with Gasteiger partial charge in [-0.2, -0.15) is 15.4 Å². The van der Waals surface area contributed by atoms with Crippen LogP contribution in [0.15, 0.2) is 47.8 Å². The van der Waals surface area contributed by atoms with Crippen molar-refractivity contribution < 1.29 is 9.53 Å². The zero-order valence-corrected chi connectivity index (χ0v) is 15.0. The molecule has 2 heterocycles. The van der Waals surface area contributed by atoms with Crippen molar-refractivity contribution in [2.75, 3.05) is 0 Å². The quantitative estimate of drug-likeness (QED) is 0.525. The number of halogens is 1. The van der Waals surface area contributed by atoms with Crippen molar-refractivity contribution in [1.29, 1.82) is 0 Å². The van der Waals surface area contributed by atoms with E-state index >= 15 is 0 Å². The van der Waals surface area contributed by atoms with Crippen LogP contribution in [0.2, 0.25) is 5.02 Å². The molecule has 26 heavy (non-hydrogen) atoms. The molecule has 4 aromatic rings. The van der Waals surface area contributed by atoms with Crippen LogP contribution < -0.4 is 0 Å². The lowest BCUT2D eigenvalue weighted by Crippen LogP contribution is -2.08. The number of benzene rings is 2. The monoisotopic (exact) mass is 384 g/mol. The van der Waals surface area contributed by atoms with Crippen molar-refractivity contribution >= 4 is 39.9 Å². The molecular weight excluding hydrogens is 372 g/mol. The van der Waals surface area contributed by atoms with Crippen molar-refractivity contribution in [3.05, 3.63) is 64.1 Å². The first-order chi connectivity index (χ1) is 12.7. The summed E-state index contributed by atoms with van der Waals surface area (Å²) in [5, 5.41) is 13.8. The van der Waals surface area contributed by atoms with E-state index in [0.717, 1.165) is 27.2 Å². The number of H-pyrrole nitrogens is 1. The van der Waals surface area contributed by atoms with Gasteiger partial charge in [-0.25, -0.2) is 4.98 Å². The molecule has 0 aliphatic carbocycles. The summed E-state index contributed by atoms with van der Waals surface area (Å²) in [5.74, 6) is -0.332. The number of nitrogens with one attached hydrogen (secondary N) is 1. The van der Waals surface area contributed by atoms with E-state index in [-0.39, 0.29) is 19.0 Å². The number of nitrogens with zero attached hydrogens (tertiary/aromatic N) is 3. The molecule has 4 rings (SSSR count). The molecule has 1 N–H and O–H groups in total. The summed E-state index contributed by atoms with van der Waals surface area (Å²) in [5.41, 5.74) is 3.90. The van der Waals surface area contributed by atoms with Crippen LogP contribution in [0.25, 0.3) is 21.6 Å². The van der Waals surface area contributed by atoms with Gasteiger partial charge in [0.2, 0.25) is 0 Å². The van der Waals surface area contributed by atoms with E-state index in [1.54, 1.807) is 0 Å². The van der Waals surface area contributed by atoms with E-state index in [2.05, 4.69) is 20.4 Å². The summed E-state index contributed by atoms with van der Waals surface area (Å²) >= 11 is 7.64. The van der Waals surface area contributed by atoms with Gasteiger partial charge in [0, 0.05) is 10.9 Å². The molecule has 0 atom stereocenters. The minimum Gasteiger partial charge on any atom is -0.461 e. The highest BCUT2D eigenvalue weighted by atomic mass is 35.5. The summed E-state index contributed by atoms with van der Waals surface area (Å²) < 4.78 is 5.34. The van der Waals surface area contributed by atoms with Gasteiger partial charge in [-0.05, 0) is 23.8 Å².